The first-order chi connectivity index (χ1) is 7.33. The molecule has 0 saturated heterocycles. The van der Waals surface area contributed by atoms with E-state index in [0.717, 1.165) is 5.69 Å². The van der Waals surface area contributed by atoms with E-state index in [-0.39, 0.29) is 0 Å². The first-order valence-corrected chi connectivity index (χ1v) is 4.56. The Hall–Kier alpha value is -1.82. The third kappa shape index (κ3) is 1.84. The predicted molar refractivity (Wildman–Crippen MR) is 56.6 cm³/mol. The third-order valence-electron chi connectivity index (χ3n) is 2.07. The number of benzene rings is 1. The van der Waals surface area contributed by atoms with Crippen molar-refractivity contribution in [1.82, 2.24) is 10.3 Å². The van der Waals surface area contributed by atoms with Gasteiger partial charge in [0.2, 0.25) is 0 Å². The molecule has 0 radical (unpaired) electrons. The van der Waals surface area contributed by atoms with Gasteiger partial charge in [-0.15, -0.1) is 0 Å². The highest BCUT2D eigenvalue weighted by Crippen LogP contribution is 2.24. The Kier molecular flexibility index (Phi) is 2.68. The summed E-state index contributed by atoms with van der Waals surface area (Å²) < 4.78 is 9.58. The molecule has 1 heterocycles. The number of hydrogen-bond acceptors (Lipinski definition) is 6. The SMILES string of the molecule is COCCNc1ccc(N)c2nonc12. The van der Waals surface area contributed by atoms with Gasteiger partial charge in [0.05, 0.1) is 18.0 Å². The van der Waals surface area contributed by atoms with Gasteiger partial charge in [-0.3, -0.25) is 0 Å². The molecule has 0 aliphatic carbocycles. The number of hydrogen-bond donors (Lipinski definition) is 2. The zero-order valence-corrected chi connectivity index (χ0v) is 8.36. The second-order valence-electron chi connectivity index (χ2n) is 3.08. The number of ether oxygens (including phenoxy) is 1. The summed E-state index contributed by atoms with van der Waals surface area (Å²) in [6.07, 6.45) is 0. The van der Waals surface area contributed by atoms with E-state index < -0.39 is 0 Å². The van der Waals surface area contributed by atoms with E-state index in [2.05, 4.69) is 20.3 Å². The maximum Gasteiger partial charge on any atom is 0.160 e. The van der Waals surface area contributed by atoms with Gasteiger partial charge in [0.15, 0.2) is 11.0 Å². The molecule has 15 heavy (non-hydrogen) atoms. The van der Waals surface area contributed by atoms with Gasteiger partial charge in [0, 0.05) is 13.7 Å². The number of anilines is 2. The van der Waals surface area contributed by atoms with Crippen LogP contribution in [0, 0.1) is 0 Å². The Morgan fingerprint density at radius 2 is 2.20 bits per heavy atom. The largest absolute Gasteiger partial charge is 0.397 e. The van der Waals surface area contributed by atoms with Crippen molar-refractivity contribution in [2.75, 3.05) is 31.3 Å². The fraction of sp³-hybridized carbons (Fsp3) is 0.333. The number of aromatic nitrogens is 2. The molecule has 80 valence electrons. The third-order valence-corrected chi connectivity index (χ3v) is 2.07. The van der Waals surface area contributed by atoms with Crippen molar-refractivity contribution in [3.8, 4) is 0 Å². The highest BCUT2D eigenvalue weighted by atomic mass is 16.6. The van der Waals surface area contributed by atoms with Crippen molar-refractivity contribution in [2.45, 2.75) is 0 Å². The molecule has 6 heteroatoms. The Bertz CT molecular complexity index is 454. The molecule has 0 spiro atoms. The van der Waals surface area contributed by atoms with Crippen LogP contribution in [0.25, 0.3) is 11.0 Å². The molecule has 0 saturated carbocycles. The maximum absolute atomic E-state index is 5.71. The number of nitrogens with one attached hydrogen (secondary N) is 1. The number of fused-ring (bicyclic) bond motifs is 1. The second-order valence-corrected chi connectivity index (χ2v) is 3.08. The minimum Gasteiger partial charge on any atom is -0.397 e. The van der Waals surface area contributed by atoms with Crippen LogP contribution in [0.1, 0.15) is 0 Å². The van der Waals surface area contributed by atoms with E-state index in [9.17, 15) is 0 Å². The number of rotatable bonds is 4. The van der Waals surface area contributed by atoms with Gasteiger partial charge in [-0.1, -0.05) is 0 Å². The number of nitrogen functional groups attached to an aromatic ring is 1. The van der Waals surface area contributed by atoms with Crippen molar-refractivity contribution < 1.29 is 9.37 Å². The van der Waals surface area contributed by atoms with Crippen molar-refractivity contribution >= 4 is 22.4 Å². The van der Waals surface area contributed by atoms with E-state index >= 15 is 0 Å². The summed E-state index contributed by atoms with van der Waals surface area (Å²) in [7, 11) is 1.65. The molecule has 1 aromatic carbocycles. The molecule has 0 atom stereocenters. The molecule has 0 amide bonds. The number of nitrogens with zero attached hydrogens (tertiary/aromatic N) is 2. The van der Waals surface area contributed by atoms with Gasteiger partial charge in [-0.25, -0.2) is 4.63 Å². The molecular weight excluding hydrogens is 196 g/mol. The molecular formula is C9H12N4O2. The first-order valence-electron chi connectivity index (χ1n) is 4.56. The van der Waals surface area contributed by atoms with Crippen molar-refractivity contribution in [2.24, 2.45) is 0 Å². The molecule has 1 aromatic heterocycles. The molecule has 2 aromatic rings. The summed E-state index contributed by atoms with van der Waals surface area (Å²) in [6.45, 7) is 1.32. The first kappa shape index (κ1) is 9.72. The van der Waals surface area contributed by atoms with Gasteiger partial charge in [-0.2, -0.15) is 0 Å². The number of nitrogens with two attached hydrogens (primary N) is 1. The Balaban J connectivity index is 2.27. The summed E-state index contributed by atoms with van der Waals surface area (Å²) in [5, 5.41) is 10.7. The van der Waals surface area contributed by atoms with Gasteiger partial charge in [-0.05, 0) is 22.4 Å². The quantitative estimate of drug-likeness (QED) is 0.572. The minimum atomic E-state index is 0.559. The average Bonchev–Trinajstić information content (AvgIpc) is 2.71. The van der Waals surface area contributed by atoms with Gasteiger partial charge in [0.25, 0.3) is 0 Å². The molecule has 3 N–H and O–H groups in total. The van der Waals surface area contributed by atoms with Crippen LogP contribution in [0.4, 0.5) is 11.4 Å². The number of methoxy groups -OCH3 is 1. The van der Waals surface area contributed by atoms with Crippen LogP contribution in [0.3, 0.4) is 0 Å². The van der Waals surface area contributed by atoms with Crippen molar-refractivity contribution in [3.63, 3.8) is 0 Å². The van der Waals surface area contributed by atoms with Crippen molar-refractivity contribution in [3.05, 3.63) is 12.1 Å². The normalized spacial score (nSPS) is 10.7. The predicted octanol–water partition coefficient (Wildman–Crippen LogP) is 0.863. The zero-order valence-electron chi connectivity index (χ0n) is 8.36. The Morgan fingerprint density at radius 3 is 3.00 bits per heavy atom. The Morgan fingerprint density at radius 1 is 1.40 bits per heavy atom. The van der Waals surface area contributed by atoms with Crippen molar-refractivity contribution in [1.29, 1.82) is 0 Å². The Labute approximate surface area is 86.3 Å². The summed E-state index contributed by atoms with van der Waals surface area (Å²) in [4.78, 5) is 0. The molecule has 6 nitrogen and oxygen atoms in total. The maximum atomic E-state index is 5.71. The topological polar surface area (TPSA) is 86.2 Å². The van der Waals surface area contributed by atoms with Crippen LogP contribution in [0.2, 0.25) is 0 Å². The van der Waals surface area contributed by atoms with Crippen LogP contribution in [-0.2, 0) is 4.74 Å². The van der Waals surface area contributed by atoms with E-state index in [4.69, 9.17) is 10.5 Å². The van der Waals surface area contributed by atoms with E-state index in [0.29, 0.717) is 29.9 Å². The summed E-state index contributed by atoms with van der Waals surface area (Å²) >= 11 is 0. The standard InChI is InChI=1S/C9H12N4O2/c1-14-5-4-11-7-3-2-6(10)8-9(7)13-15-12-8/h2-3,11H,4-5,10H2,1H3. The minimum absolute atomic E-state index is 0.559. The summed E-state index contributed by atoms with van der Waals surface area (Å²) in [5.74, 6) is 0. The highest BCUT2D eigenvalue weighted by Gasteiger charge is 2.08. The summed E-state index contributed by atoms with van der Waals surface area (Å²) in [5.41, 5.74) is 8.34. The van der Waals surface area contributed by atoms with Crippen LogP contribution in [-0.4, -0.2) is 30.6 Å². The van der Waals surface area contributed by atoms with Crippen LogP contribution in [0.15, 0.2) is 16.8 Å². The highest BCUT2D eigenvalue weighted by molar-refractivity contribution is 5.94. The molecule has 0 aliphatic heterocycles. The van der Waals surface area contributed by atoms with E-state index in [1.54, 1.807) is 13.2 Å². The lowest BCUT2D eigenvalue weighted by atomic mass is 10.2. The van der Waals surface area contributed by atoms with Gasteiger partial charge in [0.1, 0.15) is 0 Å². The molecule has 0 bridgehead atoms. The van der Waals surface area contributed by atoms with E-state index in [1.807, 2.05) is 6.07 Å². The molecule has 2 rings (SSSR count). The lowest BCUT2D eigenvalue weighted by Crippen LogP contribution is -2.08. The van der Waals surface area contributed by atoms with Crippen LogP contribution in [0.5, 0.6) is 0 Å². The lowest BCUT2D eigenvalue weighted by molar-refractivity contribution is 0.211. The van der Waals surface area contributed by atoms with Crippen LogP contribution < -0.4 is 11.1 Å². The lowest BCUT2D eigenvalue weighted by Gasteiger charge is -2.05. The molecule has 0 unspecified atom stereocenters. The van der Waals surface area contributed by atoms with Gasteiger partial charge >= 0.3 is 0 Å². The van der Waals surface area contributed by atoms with E-state index in [1.165, 1.54) is 0 Å². The smallest absolute Gasteiger partial charge is 0.160 e. The second kappa shape index (κ2) is 4.14. The average molecular weight is 208 g/mol. The fourth-order valence-corrected chi connectivity index (χ4v) is 1.32. The molecule has 0 aliphatic rings. The zero-order chi connectivity index (χ0) is 10.7. The molecule has 0 fully saturated rings. The fourth-order valence-electron chi connectivity index (χ4n) is 1.32. The summed E-state index contributed by atoms with van der Waals surface area (Å²) in [6, 6.07) is 3.61. The van der Waals surface area contributed by atoms with Gasteiger partial charge < -0.3 is 15.8 Å². The monoisotopic (exact) mass is 208 g/mol. The van der Waals surface area contributed by atoms with Crippen LogP contribution >= 0.6 is 0 Å².